The Labute approximate surface area is 155 Å². The number of carbonyl (C=O) groups excluding carboxylic acids is 2. The first kappa shape index (κ1) is 19.6. The van der Waals surface area contributed by atoms with E-state index >= 15 is 0 Å². The third-order valence-electron chi connectivity index (χ3n) is 3.44. The summed E-state index contributed by atoms with van der Waals surface area (Å²) in [7, 11) is 1.55. The van der Waals surface area contributed by atoms with Crippen molar-refractivity contribution in [2.24, 2.45) is 5.10 Å². The van der Waals surface area contributed by atoms with Gasteiger partial charge in [0.05, 0.1) is 18.2 Å². The lowest BCUT2D eigenvalue weighted by Gasteiger charge is -2.06. The molecule has 9 heteroatoms. The molecule has 2 aromatic rings. The van der Waals surface area contributed by atoms with Gasteiger partial charge in [-0.15, -0.1) is 0 Å². The summed E-state index contributed by atoms with van der Waals surface area (Å²) in [5, 5.41) is 17.1. The Morgan fingerprint density at radius 3 is 2.52 bits per heavy atom. The second-order valence-corrected chi connectivity index (χ2v) is 5.42. The molecule has 2 amide bonds. The van der Waals surface area contributed by atoms with Crippen molar-refractivity contribution in [1.29, 1.82) is 0 Å². The van der Waals surface area contributed by atoms with Gasteiger partial charge in [0.15, 0.2) is 0 Å². The summed E-state index contributed by atoms with van der Waals surface area (Å²) in [6, 6.07) is 12.6. The molecule has 2 rings (SSSR count). The summed E-state index contributed by atoms with van der Waals surface area (Å²) in [6.45, 7) is 0. The van der Waals surface area contributed by atoms with Crippen LogP contribution in [-0.2, 0) is 9.59 Å². The van der Waals surface area contributed by atoms with Gasteiger partial charge in [-0.05, 0) is 24.3 Å². The van der Waals surface area contributed by atoms with Crippen LogP contribution in [0.4, 0.5) is 11.4 Å². The lowest BCUT2D eigenvalue weighted by Crippen LogP contribution is -2.20. The van der Waals surface area contributed by atoms with Crippen molar-refractivity contribution in [1.82, 2.24) is 5.43 Å². The molecule has 0 aliphatic rings. The smallest absolute Gasteiger partial charge is 0.270 e. The third-order valence-corrected chi connectivity index (χ3v) is 3.44. The first-order valence-corrected chi connectivity index (χ1v) is 7.98. The van der Waals surface area contributed by atoms with Crippen LogP contribution in [0.3, 0.4) is 0 Å². The molecule has 2 aromatic carbocycles. The normalized spacial score (nSPS) is 10.4. The van der Waals surface area contributed by atoms with Crippen LogP contribution in [0, 0.1) is 10.1 Å². The Hall–Kier alpha value is -3.75. The molecule has 0 bridgehead atoms. The highest BCUT2D eigenvalue weighted by molar-refractivity contribution is 5.93. The molecule has 9 nitrogen and oxygen atoms in total. The van der Waals surface area contributed by atoms with Crippen LogP contribution in [0.25, 0.3) is 0 Å². The van der Waals surface area contributed by atoms with E-state index in [1.165, 1.54) is 24.4 Å². The minimum absolute atomic E-state index is 0.00973. The molecular weight excluding hydrogens is 352 g/mol. The van der Waals surface area contributed by atoms with Gasteiger partial charge in [-0.3, -0.25) is 19.7 Å². The third kappa shape index (κ3) is 6.58. The second kappa shape index (κ2) is 9.66. The Morgan fingerprint density at radius 1 is 1.15 bits per heavy atom. The molecule has 0 unspecified atom stereocenters. The lowest BCUT2D eigenvalue weighted by atomic mass is 10.2. The van der Waals surface area contributed by atoms with E-state index in [4.69, 9.17) is 4.74 Å². The van der Waals surface area contributed by atoms with Crippen molar-refractivity contribution in [2.75, 3.05) is 12.4 Å². The predicted molar refractivity (Wildman–Crippen MR) is 99.7 cm³/mol. The number of amides is 2. The van der Waals surface area contributed by atoms with Crippen molar-refractivity contribution in [3.8, 4) is 5.75 Å². The molecule has 0 heterocycles. The summed E-state index contributed by atoms with van der Waals surface area (Å²) >= 11 is 0. The molecule has 0 saturated heterocycles. The van der Waals surface area contributed by atoms with Gasteiger partial charge in [0.25, 0.3) is 5.69 Å². The average Bonchev–Trinajstić information content (AvgIpc) is 2.67. The number of hydrogen-bond acceptors (Lipinski definition) is 6. The van der Waals surface area contributed by atoms with Crippen LogP contribution in [0.1, 0.15) is 18.4 Å². The zero-order chi connectivity index (χ0) is 19.6. The number of nitro benzene ring substituents is 1. The molecule has 0 aliphatic heterocycles. The Morgan fingerprint density at radius 2 is 1.85 bits per heavy atom. The van der Waals surface area contributed by atoms with Gasteiger partial charge in [-0.25, -0.2) is 5.43 Å². The van der Waals surface area contributed by atoms with Gasteiger partial charge in [0, 0.05) is 36.2 Å². The lowest BCUT2D eigenvalue weighted by molar-refractivity contribution is -0.384. The zero-order valence-corrected chi connectivity index (χ0v) is 14.5. The van der Waals surface area contributed by atoms with Crippen LogP contribution < -0.4 is 15.5 Å². The molecule has 0 saturated carbocycles. The first-order chi connectivity index (χ1) is 13.0. The second-order valence-electron chi connectivity index (χ2n) is 5.42. The Kier molecular flexibility index (Phi) is 7.00. The van der Waals surface area contributed by atoms with Crippen molar-refractivity contribution >= 4 is 29.4 Å². The predicted octanol–water partition coefficient (Wildman–Crippen LogP) is 2.47. The molecule has 0 spiro atoms. The fourth-order valence-corrected chi connectivity index (χ4v) is 2.08. The molecule has 0 aliphatic carbocycles. The summed E-state index contributed by atoms with van der Waals surface area (Å²) in [6.07, 6.45) is 1.24. The van der Waals surface area contributed by atoms with E-state index in [1.807, 2.05) is 0 Å². The molecular formula is C18H18N4O5. The summed E-state index contributed by atoms with van der Waals surface area (Å²) < 4.78 is 5.03. The topological polar surface area (TPSA) is 123 Å². The molecule has 0 fully saturated rings. The number of anilines is 1. The van der Waals surface area contributed by atoms with Crippen LogP contribution in [0.15, 0.2) is 53.6 Å². The molecule has 2 N–H and O–H groups in total. The minimum atomic E-state index is -0.517. The number of nitro groups is 1. The van der Waals surface area contributed by atoms with Gasteiger partial charge >= 0.3 is 0 Å². The number of nitrogens with zero attached hydrogens (tertiary/aromatic N) is 2. The maximum atomic E-state index is 11.8. The molecule has 0 atom stereocenters. The number of hydrogen-bond donors (Lipinski definition) is 2. The fraction of sp³-hybridized carbons (Fsp3) is 0.167. The summed E-state index contributed by atoms with van der Waals surface area (Å²) in [5.41, 5.74) is 3.28. The highest BCUT2D eigenvalue weighted by Gasteiger charge is 2.07. The van der Waals surface area contributed by atoms with Crippen LogP contribution >= 0.6 is 0 Å². The maximum absolute atomic E-state index is 11.8. The highest BCUT2D eigenvalue weighted by Crippen LogP contribution is 2.15. The highest BCUT2D eigenvalue weighted by atomic mass is 16.6. The monoisotopic (exact) mass is 370 g/mol. The van der Waals surface area contributed by atoms with E-state index in [-0.39, 0.29) is 24.4 Å². The first-order valence-electron chi connectivity index (χ1n) is 7.98. The van der Waals surface area contributed by atoms with Crippen molar-refractivity contribution in [3.63, 3.8) is 0 Å². The number of non-ortho nitro benzene ring substituents is 1. The fourth-order valence-electron chi connectivity index (χ4n) is 2.08. The number of carbonyl (C=O) groups is 2. The van der Waals surface area contributed by atoms with E-state index in [0.29, 0.717) is 17.0 Å². The van der Waals surface area contributed by atoms with Crippen LogP contribution in [-0.4, -0.2) is 30.1 Å². The van der Waals surface area contributed by atoms with Crippen LogP contribution in [0.2, 0.25) is 0 Å². The van der Waals surface area contributed by atoms with Crippen molar-refractivity contribution in [2.45, 2.75) is 12.8 Å². The summed E-state index contributed by atoms with van der Waals surface area (Å²) in [4.78, 5) is 33.7. The van der Waals surface area contributed by atoms with Gasteiger partial charge in [-0.1, -0.05) is 12.1 Å². The number of benzene rings is 2. The zero-order valence-electron chi connectivity index (χ0n) is 14.5. The Balaban J connectivity index is 1.75. The van der Waals surface area contributed by atoms with Gasteiger partial charge < -0.3 is 10.1 Å². The van der Waals surface area contributed by atoms with E-state index in [9.17, 15) is 19.7 Å². The van der Waals surface area contributed by atoms with E-state index in [2.05, 4.69) is 15.8 Å². The number of ether oxygens (including phenoxy) is 1. The average molecular weight is 370 g/mol. The maximum Gasteiger partial charge on any atom is 0.270 e. The standard InChI is InChI=1S/C18H18N4O5/c1-27-16-7-5-14(6-8-16)20-17(23)9-10-18(24)21-19-12-13-3-2-4-15(11-13)22(25)26/h2-8,11-12H,9-10H2,1H3,(H,20,23)(H,21,24). The van der Waals surface area contributed by atoms with Gasteiger partial charge in [0.1, 0.15) is 5.75 Å². The molecule has 0 radical (unpaired) electrons. The summed E-state index contributed by atoms with van der Waals surface area (Å²) in [5.74, 6) is -0.0754. The number of nitrogens with one attached hydrogen (secondary N) is 2. The van der Waals surface area contributed by atoms with Crippen LogP contribution in [0.5, 0.6) is 5.75 Å². The molecule has 27 heavy (non-hydrogen) atoms. The number of rotatable bonds is 8. The quantitative estimate of drug-likeness (QED) is 0.420. The largest absolute Gasteiger partial charge is 0.497 e. The van der Waals surface area contributed by atoms with Gasteiger partial charge in [0.2, 0.25) is 11.8 Å². The van der Waals surface area contributed by atoms with Crippen molar-refractivity contribution < 1.29 is 19.2 Å². The van der Waals surface area contributed by atoms with E-state index in [1.54, 1.807) is 37.4 Å². The van der Waals surface area contributed by atoms with Crippen molar-refractivity contribution in [3.05, 3.63) is 64.2 Å². The van der Waals surface area contributed by atoms with E-state index < -0.39 is 10.8 Å². The number of hydrazone groups is 1. The molecule has 140 valence electrons. The molecule has 0 aromatic heterocycles. The van der Waals surface area contributed by atoms with E-state index in [0.717, 1.165) is 0 Å². The Bertz CT molecular complexity index is 849. The minimum Gasteiger partial charge on any atom is -0.497 e. The SMILES string of the molecule is COc1ccc(NC(=O)CCC(=O)NN=Cc2cccc([N+](=O)[O-])c2)cc1. The number of methoxy groups -OCH3 is 1. The van der Waals surface area contributed by atoms with Gasteiger partial charge in [-0.2, -0.15) is 5.10 Å².